The summed E-state index contributed by atoms with van der Waals surface area (Å²) in [5.74, 6) is -3.63. The fourth-order valence-electron chi connectivity index (χ4n) is 7.01. The number of ether oxygens (including phenoxy) is 1. The van der Waals surface area contributed by atoms with Gasteiger partial charge in [0.25, 0.3) is 5.91 Å². The van der Waals surface area contributed by atoms with Gasteiger partial charge in [0.1, 0.15) is 23.7 Å². The van der Waals surface area contributed by atoms with Gasteiger partial charge in [-0.1, -0.05) is 78.3 Å². The minimum Gasteiger partial charge on any atom is -0.458 e. The number of hydrogen-bond donors (Lipinski definition) is 4. The molecule has 1 aromatic rings. The number of rotatable bonds is 14. The summed E-state index contributed by atoms with van der Waals surface area (Å²) in [5.41, 5.74) is 0.673. The van der Waals surface area contributed by atoms with E-state index in [1.54, 1.807) is 20.8 Å². The normalized spacial score (nSPS) is 19.4. The Morgan fingerprint density at radius 1 is 0.961 bits per heavy atom. The molecule has 282 valence electrons. The van der Waals surface area contributed by atoms with E-state index < -0.39 is 70.7 Å². The number of nitrogens with zero attached hydrogens (tertiary/aromatic N) is 1. The number of likely N-dealkylation sites (tertiary alicyclic amines) is 1. The van der Waals surface area contributed by atoms with Crippen molar-refractivity contribution in [1.82, 2.24) is 26.2 Å². The molecular weight excluding hydrogens is 650 g/mol. The van der Waals surface area contributed by atoms with Crippen LogP contribution in [0.25, 0.3) is 0 Å². The smallest absolute Gasteiger partial charge is 0.329 e. The average Bonchev–Trinajstić information content (AvgIpc) is 3.68. The van der Waals surface area contributed by atoms with Crippen LogP contribution in [0.5, 0.6) is 0 Å². The first-order valence-corrected chi connectivity index (χ1v) is 18.2. The zero-order valence-corrected chi connectivity index (χ0v) is 31.9. The fraction of sp³-hybridized carbons (Fsp3) is 0.641. The van der Waals surface area contributed by atoms with Crippen LogP contribution in [0, 0.1) is 23.2 Å². The van der Waals surface area contributed by atoms with Crippen molar-refractivity contribution < 1.29 is 33.5 Å². The van der Waals surface area contributed by atoms with Gasteiger partial charge in [-0.25, -0.2) is 9.59 Å². The lowest BCUT2D eigenvalue weighted by Crippen LogP contribution is -2.61. The molecule has 51 heavy (non-hydrogen) atoms. The van der Waals surface area contributed by atoms with Crippen LogP contribution in [-0.4, -0.2) is 83.3 Å². The van der Waals surface area contributed by atoms with Gasteiger partial charge in [-0.2, -0.15) is 0 Å². The number of hydrogen-bond acceptors (Lipinski definition) is 7. The molecule has 3 rings (SSSR count). The Hall–Kier alpha value is -4.22. The van der Waals surface area contributed by atoms with Crippen LogP contribution in [0.15, 0.2) is 36.9 Å². The molecule has 2 aliphatic rings. The summed E-state index contributed by atoms with van der Waals surface area (Å²) in [6.45, 7) is 20.5. The zero-order chi connectivity index (χ0) is 38.3. The lowest BCUT2D eigenvalue weighted by Gasteiger charge is -2.35. The molecule has 12 nitrogen and oxygen atoms in total. The van der Waals surface area contributed by atoms with Gasteiger partial charge in [0, 0.05) is 13.1 Å². The lowest BCUT2D eigenvalue weighted by atomic mass is 9.86. The van der Waals surface area contributed by atoms with E-state index in [0.29, 0.717) is 25.7 Å². The minimum atomic E-state index is -1.07. The number of Topliss-reactive ketones (excluding diaryl/α,β-unsaturated/α-hetero) is 1. The van der Waals surface area contributed by atoms with Crippen LogP contribution < -0.4 is 21.3 Å². The van der Waals surface area contributed by atoms with Crippen molar-refractivity contribution in [3.05, 3.63) is 48.0 Å². The first-order valence-electron chi connectivity index (χ1n) is 18.2. The minimum absolute atomic E-state index is 0.0154. The van der Waals surface area contributed by atoms with E-state index in [1.807, 2.05) is 65.8 Å². The zero-order valence-electron chi connectivity index (χ0n) is 31.9. The molecule has 1 aliphatic carbocycles. The molecule has 5 amide bonds. The summed E-state index contributed by atoms with van der Waals surface area (Å²) in [4.78, 5) is 83.1. The second-order valence-corrected chi connectivity index (χ2v) is 16.3. The molecule has 0 radical (unpaired) electrons. The highest BCUT2D eigenvalue weighted by molar-refractivity contribution is 6.38. The third-order valence-electron chi connectivity index (χ3n) is 9.58. The molecule has 0 spiro atoms. The largest absolute Gasteiger partial charge is 0.458 e. The number of ketones is 1. The van der Waals surface area contributed by atoms with Gasteiger partial charge in [0.15, 0.2) is 0 Å². The number of urea groups is 1. The Labute approximate surface area is 303 Å². The summed E-state index contributed by atoms with van der Waals surface area (Å²) < 4.78 is 5.62. The molecule has 1 aromatic carbocycles. The van der Waals surface area contributed by atoms with E-state index in [9.17, 15) is 28.8 Å². The molecule has 1 aliphatic heterocycles. The highest BCUT2D eigenvalue weighted by Crippen LogP contribution is 2.35. The summed E-state index contributed by atoms with van der Waals surface area (Å²) in [7, 11) is 0. The molecule has 0 bridgehead atoms. The maximum absolute atomic E-state index is 14.7. The summed E-state index contributed by atoms with van der Waals surface area (Å²) in [5, 5.41) is 11.0. The monoisotopic (exact) mass is 709 g/mol. The highest BCUT2D eigenvalue weighted by atomic mass is 16.6. The number of esters is 1. The number of amides is 5. The second kappa shape index (κ2) is 17.3. The number of fused-ring (bicyclic) bond motifs is 1. The van der Waals surface area contributed by atoms with E-state index in [1.165, 1.54) is 11.0 Å². The van der Waals surface area contributed by atoms with Gasteiger partial charge < -0.3 is 30.9 Å². The third-order valence-corrected chi connectivity index (χ3v) is 9.58. The Morgan fingerprint density at radius 3 is 2.08 bits per heavy atom. The van der Waals surface area contributed by atoms with Gasteiger partial charge in [-0.05, 0) is 80.8 Å². The lowest BCUT2D eigenvalue weighted by molar-refractivity contribution is -0.160. The maximum atomic E-state index is 14.7. The average molecular weight is 710 g/mol. The van der Waals surface area contributed by atoms with Gasteiger partial charge in [0.05, 0.1) is 6.04 Å². The van der Waals surface area contributed by atoms with E-state index in [2.05, 4.69) is 27.8 Å². The van der Waals surface area contributed by atoms with E-state index in [-0.39, 0.29) is 37.3 Å². The Kier molecular flexibility index (Phi) is 14.0. The predicted octanol–water partition coefficient (Wildman–Crippen LogP) is 3.85. The molecule has 12 heteroatoms. The van der Waals surface area contributed by atoms with Crippen molar-refractivity contribution in [3.8, 4) is 0 Å². The Bertz CT molecular complexity index is 1440. The van der Waals surface area contributed by atoms with Crippen molar-refractivity contribution in [3.63, 3.8) is 0 Å². The molecule has 1 fully saturated rings. The topological polar surface area (TPSA) is 163 Å². The maximum Gasteiger partial charge on any atom is 0.329 e. The molecule has 1 saturated heterocycles. The molecule has 4 N–H and O–H groups in total. The molecule has 2 unspecified atom stereocenters. The third kappa shape index (κ3) is 10.9. The van der Waals surface area contributed by atoms with Gasteiger partial charge in [0.2, 0.25) is 17.6 Å². The van der Waals surface area contributed by atoms with Crippen LogP contribution in [0.2, 0.25) is 0 Å². The molecule has 1 heterocycles. The van der Waals surface area contributed by atoms with Crippen LogP contribution in [0.3, 0.4) is 0 Å². The highest BCUT2D eigenvalue weighted by Gasteiger charge is 2.48. The molecule has 0 aromatic heterocycles. The predicted molar refractivity (Wildman–Crippen MR) is 195 cm³/mol. The first-order chi connectivity index (χ1) is 23.8. The standard InChI is InChI=1S/C39H59N5O7/c1-11-15-28(31(45)34(47)40-19-12-2)41-33(46)30-27(23(3)4)18-20-44(30)35(48)29(26-21-24-16-13-14-17-25(24)22-26)42-37(50)43-32(38(5,6)7)36(49)51-39(8,9)10/h12-14,16-17,23,26-30,32H,2,11,15,18-22H2,1,3-10H3,(H,40,47)(H,41,46)(H2,42,43,50)/t27?,28?,29-,30-,32+/m0/s1. The van der Waals surface area contributed by atoms with Crippen LogP contribution >= 0.6 is 0 Å². The summed E-state index contributed by atoms with van der Waals surface area (Å²) in [6.07, 6.45) is 3.86. The van der Waals surface area contributed by atoms with Gasteiger partial charge in [-0.3, -0.25) is 19.2 Å². The van der Waals surface area contributed by atoms with Crippen LogP contribution in [-0.2, 0) is 41.6 Å². The summed E-state index contributed by atoms with van der Waals surface area (Å²) >= 11 is 0. The van der Waals surface area contributed by atoms with E-state index in [0.717, 1.165) is 11.1 Å². The summed E-state index contributed by atoms with van der Waals surface area (Å²) in [6, 6.07) is 3.15. The van der Waals surface area contributed by atoms with Crippen LogP contribution in [0.4, 0.5) is 4.79 Å². The van der Waals surface area contributed by atoms with Crippen LogP contribution in [0.1, 0.15) is 92.7 Å². The SMILES string of the molecule is C=CCNC(=O)C(=O)C(CCC)NC(=O)[C@@H]1C(C(C)C)CCN1C(=O)[C@@H](NC(=O)N[C@H](C(=O)OC(C)(C)C)C(C)(C)C)C1Cc2ccccc2C1. The molecule has 5 atom stereocenters. The van der Waals surface area contributed by atoms with E-state index >= 15 is 0 Å². The molecular formula is C39H59N5O7. The van der Waals surface area contributed by atoms with Crippen molar-refractivity contribution in [1.29, 1.82) is 0 Å². The van der Waals surface area contributed by atoms with Gasteiger partial charge >= 0.3 is 12.0 Å². The molecule has 0 saturated carbocycles. The number of benzene rings is 1. The van der Waals surface area contributed by atoms with Crippen molar-refractivity contribution >= 4 is 35.5 Å². The first kappa shape index (κ1) is 41.2. The quantitative estimate of drug-likeness (QED) is 0.130. The Balaban J connectivity index is 1.95. The fourth-order valence-corrected chi connectivity index (χ4v) is 7.01. The number of carbonyl (C=O) groups excluding carboxylic acids is 6. The van der Waals surface area contributed by atoms with Crippen molar-refractivity contribution in [2.24, 2.45) is 23.2 Å². The number of carbonyl (C=O) groups is 6. The number of nitrogens with one attached hydrogen (secondary N) is 4. The second-order valence-electron chi connectivity index (χ2n) is 16.3. The van der Waals surface area contributed by atoms with Crippen molar-refractivity contribution in [2.75, 3.05) is 13.1 Å². The Morgan fingerprint density at radius 2 is 1.57 bits per heavy atom. The van der Waals surface area contributed by atoms with E-state index in [4.69, 9.17) is 4.74 Å². The van der Waals surface area contributed by atoms with Crippen molar-refractivity contribution in [2.45, 2.75) is 124 Å². The van der Waals surface area contributed by atoms with Gasteiger partial charge in [-0.15, -0.1) is 6.58 Å².